The molecule has 0 aliphatic heterocycles. The van der Waals surface area contributed by atoms with Crippen LogP contribution in [-0.2, 0) is 6.54 Å². The summed E-state index contributed by atoms with van der Waals surface area (Å²) in [7, 11) is 0. The van der Waals surface area contributed by atoms with Gasteiger partial charge in [-0.25, -0.2) is 4.98 Å². The van der Waals surface area contributed by atoms with Crippen LogP contribution >= 0.6 is 23.2 Å². The number of halogens is 2. The fourth-order valence-electron chi connectivity index (χ4n) is 1.58. The van der Waals surface area contributed by atoms with Crippen LogP contribution in [0.25, 0.3) is 0 Å². The molecule has 0 aliphatic rings. The largest absolute Gasteiger partial charge is 0.382 e. The number of hydrogen-bond donors (Lipinski definition) is 1. The summed E-state index contributed by atoms with van der Waals surface area (Å²) in [6, 6.07) is 5.38. The molecule has 0 bridgehead atoms. The van der Waals surface area contributed by atoms with Gasteiger partial charge in [0.2, 0.25) is 0 Å². The van der Waals surface area contributed by atoms with Crippen LogP contribution in [0.3, 0.4) is 0 Å². The van der Waals surface area contributed by atoms with Crippen LogP contribution in [-0.4, -0.2) is 16.1 Å². The van der Waals surface area contributed by atoms with Crippen molar-refractivity contribution in [1.82, 2.24) is 9.55 Å². The first-order valence-electron chi connectivity index (χ1n) is 5.33. The second-order valence-corrected chi connectivity index (χ2v) is 4.56. The molecule has 0 amide bonds. The van der Waals surface area contributed by atoms with Crippen molar-refractivity contribution < 1.29 is 0 Å². The van der Waals surface area contributed by atoms with E-state index >= 15 is 0 Å². The second kappa shape index (κ2) is 5.43. The molecule has 0 saturated heterocycles. The van der Waals surface area contributed by atoms with Gasteiger partial charge in [0.1, 0.15) is 5.82 Å². The Hall–Kier alpha value is -1.19. The van der Waals surface area contributed by atoms with Gasteiger partial charge in [-0.15, -0.1) is 0 Å². The van der Waals surface area contributed by atoms with E-state index in [4.69, 9.17) is 23.2 Å². The highest BCUT2D eigenvalue weighted by molar-refractivity contribution is 6.35. The molecule has 0 atom stereocenters. The molecule has 3 nitrogen and oxygen atoms in total. The van der Waals surface area contributed by atoms with E-state index in [-0.39, 0.29) is 0 Å². The van der Waals surface area contributed by atoms with Gasteiger partial charge in [-0.05, 0) is 25.1 Å². The molecule has 17 heavy (non-hydrogen) atoms. The number of hydrogen-bond acceptors (Lipinski definition) is 2. The zero-order valence-corrected chi connectivity index (χ0v) is 11.0. The van der Waals surface area contributed by atoms with Crippen LogP contribution in [0.15, 0.2) is 30.6 Å². The first kappa shape index (κ1) is 12.3. The summed E-state index contributed by atoms with van der Waals surface area (Å²) in [5.74, 6) is 1.00. The summed E-state index contributed by atoms with van der Waals surface area (Å²) in [4.78, 5) is 4.16. The van der Waals surface area contributed by atoms with Gasteiger partial charge in [-0.3, -0.25) is 0 Å². The Morgan fingerprint density at radius 2 is 2.18 bits per heavy atom. The number of aromatic nitrogens is 2. The lowest BCUT2D eigenvalue weighted by molar-refractivity contribution is 0.701. The minimum atomic E-state index is 0.677. The topological polar surface area (TPSA) is 29.9 Å². The molecular formula is C12H13Cl2N3. The maximum Gasteiger partial charge on any atom is 0.105 e. The quantitative estimate of drug-likeness (QED) is 0.919. The lowest BCUT2D eigenvalue weighted by Gasteiger charge is -2.10. The molecule has 0 radical (unpaired) electrons. The van der Waals surface area contributed by atoms with Crippen molar-refractivity contribution in [2.24, 2.45) is 0 Å². The number of aryl methyl sites for hydroxylation is 1. The molecule has 0 unspecified atom stereocenters. The van der Waals surface area contributed by atoms with Crippen LogP contribution in [0.4, 0.5) is 5.69 Å². The van der Waals surface area contributed by atoms with E-state index in [0.29, 0.717) is 10.0 Å². The second-order valence-electron chi connectivity index (χ2n) is 3.72. The molecule has 5 heteroatoms. The van der Waals surface area contributed by atoms with Gasteiger partial charge in [-0.1, -0.05) is 23.2 Å². The Labute approximate surface area is 110 Å². The third kappa shape index (κ3) is 3.14. The molecule has 1 aromatic carbocycles. The molecule has 0 fully saturated rings. The molecule has 0 spiro atoms. The lowest BCUT2D eigenvalue weighted by Crippen LogP contribution is -2.11. The third-order valence-electron chi connectivity index (χ3n) is 2.52. The maximum atomic E-state index is 6.05. The number of anilines is 1. The van der Waals surface area contributed by atoms with Gasteiger partial charge in [0.05, 0.1) is 10.7 Å². The number of nitrogens with one attached hydrogen (secondary N) is 1. The summed E-state index contributed by atoms with van der Waals surface area (Å²) in [6.07, 6.45) is 3.75. The maximum absolute atomic E-state index is 6.05. The highest BCUT2D eigenvalue weighted by atomic mass is 35.5. The zero-order chi connectivity index (χ0) is 12.3. The molecule has 2 rings (SSSR count). The van der Waals surface area contributed by atoms with Crippen LogP contribution in [0, 0.1) is 6.92 Å². The van der Waals surface area contributed by atoms with Crippen LogP contribution < -0.4 is 5.32 Å². The van der Waals surface area contributed by atoms with Gasteiger partial charge in [-0.2, -0.15) is 0 Å². The third-order valence-corrected chi connectivity index (χ3v) is 3.08. The monoisotopic (exact) mass is 269 g/mol. The Morgan fingerprint density at radius 3 is 2.88 bits per heavy atom. The van der Waals surface area contributed by atoms with E-state index < -0.39 is 0 Å². The van der Waals surface area contributed by atoms with Crippen molar-refractivity contribution in [3.63, 3.8) is 0 Å². The SMILES string of the molecule is Cc1nccn1CCNc1cc(Cl)ccc1Cl. The Bertz CT molecular complexity index is 508. The smallest absolute Gasteiger partial charge is 0.105 e. The first-order valence-corrected chi connectivity index (χ1v) is 6.09. The fourth-order valence-corrected chi connectivity index (χ4v) is 1.94. The number of imidazole rings is 1. The van der Waals surface area contributed by atoms with Crippen LogP contribution in [0.5, 0.6) is 0 Å². The molecule has 0 aliphatic carbocycles. The van der Waals surface area contributed by atoms with Gasteiger partial charge < -0.3 is 9.88 Å². The molecule has 90 valence electrons. The van der Waals surface area contributed by atoms with Crippen molar-refractivity contribution in [3.05, 3.63) is 46.5 Å². The van der Waals surface area contributed by atoms with E-state index in [1.807, 2.05) is 19.2 Å². The Balaban J connectivity index is 1.94. The summed E-state index contributed by atoms with van der Waals surface area (Å²) in [6.45, 7) is 3.60. The molecule has 0 saturated carbocycles. The standard InChI is InChI=1S/C12H13Cl2N3/c1-9-15-4-6-17(9)7-5-16-12-8-10(13)2-3-11(12)14/h2-4,6,8,16H,5,7H2,1H3. The fraction of sp³-hybridized carbons (Fsp3) is 0.250. The Morgan fingerprint density at radius 1 is 1.35 bits per heavy atom. The summed E-state index contributed by atoms with van der Waals surface area (Å²) >= 11 is 12.0. The van der Waals surface area contributed by atoms with Crippen LogP contribution in [0.2, 0.25) is 10.0 Å². The molecule has 1 heterocycles. The molecule has 1 N–H and O–H groups in total. The zero-order valence-electron chi connectivity index (χ0n) is 9.45. The van der Waals surface area contributed by atoms with E-state index in [1.54, 1.807) is 18.3 Å². The van der Waals surface area contributed by atoms with Crippen molar-refractivity contribution in [2.45, 2.75) is 13.5 Å². The minimum Gasteiger partial charge on any atom is -0.382 e. The van der Waals surface area contributed by atoms with Gasteiger partial charge in [0, 0.05) is 30.5 Å². The number of rotatable bonds is 4. The number of benzene rings is 1. The minimum absolute atomic E-state index is 0.677. The van der Waals surface area contributed by atoms with Gasteiger partial charge >= 0.3 is 0 Å². The molecular weight excluding hydrogens is 257 g/mol. The van der Waals surface area contributed by atoms with E-state index in [0.717, 1.165) is 24.6 Å². The molecule has 2 aromatic rings. The van der Waals surface area contributed by atoms with Crippen molar-refractivity contribution in [2.75, 3.05) is 11.9 Å². The van der Waals surface area contributed by atoms with Gasteiger partial charge in [0.15, 0.2) is 0 Å². The van der Waals surface area contributed by atoms with Crippen molar-refractivity contribution >= 4 is 28.9 Å². The summed E-state index contributed by atoms with van der Waals surface area (Å²) < 4.78 is 2.07. The average Bonchev–Trinajstić information content (AvgIpc) is 2.70. The Kier molecular flexibility index (Phi) is 3.92. The summed E-state index contributed by atoms with van der Waals surface area (Å²) in [5, 5.41) is 4.61. The van der Waals surface area contributed by atoms with E-state index in [1.165, 1.54) is 0 Å². The molecule has 1 aromatic heterocycles. The average molecular weight is 270 g/mol. The van der Waals surface area contributed by atoms with Gasteiger partial charge in [0.25, 0.3) is 0 Å². The van der Waals surface area contributed by atoms with Crippen molar-refractivity contribution in [3.8, 4) is 0 Å². The van der Waals surface area contributed by atoms with E-state index in [9.17, 15) is 0 Å². The van der Waals surface area contributed by atoms with Crippen LogP contribution in [0.1, 0.15) is 5.82 Å². The first-order chi connectivity index (χ1) is 8.16. The van der Waals surface area contributed by atoms with Crippen molar-refractivity contribution in [1.29, 1.82) is 0 Å². The number of nitrogens with zero attached hydrogens (tertiary/aromatic N) is 2. The highest BCUT2D eigenvalue weighted by Crippen LogP contribution is 2.25. The highest BCUT2D eigenvalue weighted by Gasteiger charge is 2.01. The predicted octanol–water partition coefficient (Wildman–Crippen LogP) is 3.61. The normalized spacial score (nSPS) is 10.5. The van der Waals surface area contributed by atoms with E-state index in [2.05, 4.69) is 14.9 Å². The lowest BCUT2D eigenvalue weighted by atomic mass is 10.3. The summed E-state index contributed by atoms with van der Waals surface area (Å²) in [5.41, 5.74) is 0.858. The predicted molar refractivity (Wildman–Crippen MR) is 71.9 cm³/mol.